The van der Waals surface area contributed by atoms with Crippen molar-refractivity contribution in [2.45, 2.75) is 52.1 Å². The summed E-state index contributed by atoms with van der Waals surface area (Å²) in [6, 6.07) is 0. The summed E-state index contributed by atoms with van der Waals surface area (Å²) >= 11 is 0. The molecule has 2 fully saturated rings. The fourth-order valence-electron chi connectivity index (χ4n) is 2.11. The Morgan fingerprint density at radius 1 is 1.33 bits per heavy atom. The fourth-order valence-corrected chi connectivity index (χ4v) is 2.11. The molecule has 0 aromatic rings. The van der Waals surface area contributed by atoms with Crippen LogP contribution in [0.1, 0.15) is 46.0 Å². The first-order chi connectivity index (χ1) is 8.39. The van der Waals surface area contributed by atoms with Gasteiger partial charge in [0.1, 0.15) is 0 Å². The van der Waals surface area contributed by atoms with Gasteiger partial charge in [-0.3, -0.25) is 9.59 Å². The van der Waals surface area contributed by atoms with E-state index in [1.807, 2.05) is 6.92 Å². The summed E-state index contributed by atoms with van der Waals surface area (Å²) < 4.78 is 4.85. The molecule has 5 nitrogen and oxygen atoms in total. The van der Waals surface area contributed by atoms with Crippen LogP contribution in [-0.4, -0.2) is 34.9 Å². The van der Waals surface area contributed by atoms with Crippen LogP contribution in [-0.2, 0) is 14.3 Å². The minimum absolute atomic E-state index is 0.000000000000000444. The molecule has 0 heterocycles. The summed E-state index contributed by atoms with van der Waals surface area (Å²) in [5.74, 6) is -0.795. The largest absolute Gasteiger partial charge is 0.481 e. The Kier molecular flexibility index (Phi) is 5.14. The second-order valence-electron chi connectivity index (χ2n) is 5.31. The summed E-state index contributed by atoms with van der Waals surface area (Å²) in [4.78, 5) is 21.1. The summed E-state index contributed by atoms with van der Waals surface area (Å²) in [5.41, 5.74) is -0.407. The van der Waals surface area contributed by atoms with E-state index in [0.717, 1.165) is 19.3 Å². The zero-order valence-corrected chi connectivity index (χ0v) is 11.0. The summed E-state index contributed by atoms with van der Waals surface area (Å²) in [6.07, 6.45) is 3.70. The highest BCUT2D eigenvalue weighted by molar-refractivity contribution is 5.77. The van der Waals surface area contributed by atoms with Crippen LogP contribution in [0.5, 0.6) is 0 Å². The molecule has 0 unspecified atom stereocenters. The second-order valence-corrected chi connectivity index (χ2v) is 5.31. The molecule has 0 radical (unpaired) electrons. The zero-order chi connectivity index (χ0) is 13.8. The normalized spacial score (nSPS) is 30.3. The van der Waals surface area contributed by atoms with Gasteiger partial charge in [0.15, 0.2) is 0 Å². The second kappa shape index (κ2) is 6.18. The molecule has 18 heavy (non-hydrogen) atoms. The maximum Gasteiger partial charge on any atom is 0.311 e. The highest BCUT2D eigenvalue weighted by Gasteiger charge is 2.46. The van der Waals surface area contributed by atoms with Crippen molar-refractivity contribution in [3.63, 3.8) is 0 Å². The molecule has 0 spiro atoms. The monoisotopic (exact) mass is 258 g/mol. The van der Waals surface area contributed by atoms with Gasteiger partial charge in [0.25, 0.3) is 0 Å². The van der Waals surface area contributed by atoms with E-state index in [2.05, 4.69) is 0 Å². The molecule has 2 N–H and O–H groups in total. The number of carboxylic acids is 1. The standard InChI is InChI=1S/C8H14O3.C5H8O2/c1-3-11-7(10)8(2)4-6(9)5-8;6-5(7)4-2-1-3-4/h6,9H,3-5H2,1-2H3;4H,1-3H2,(H,6,7). The molecule has 104 valence electrons. The van der Waals surface area contributed by atoms with Crippen LogP contribution in [0.2, 0.25) is 0 Å². The minimum Gasteiger partial charge on any atom is -0.481 e. The van der Waals surface area contributed by atoms with E-state index in [4.69, 9.17) is 14.9 Å². The van der Waals surface area contributed by atoms with Gasteiger partial charge in [-0.25, -0.2) is 0 Å². The van der Waals surface area contributed by atoms with Crippen LogP contribution in [0, 0.1) is 11.3 Å². The van der Waals surface area contributed by atoms with Gasteiger partial charge in [-0.15, -0.1) is 0 Å². The predicted octanol–water partition coefficient (Wildman–Crippen LogP) is 1.58. The van der Waals surface area contributed by atoms with Crippen LogP contribution >= 0.6 is 0 Å². The number of hydrogen-bond donors (Lipinski definition) is 2. The topological polar surface area (TPSA) is 83.8 Å². The van der Waals surface area contributed by atoms with Crippen LogP contribution in [0.25, 0.3) is 0 Å². The third-order valence-corrected chi connectivity index (χ3v) is 3.59. The molecule has 0 saturated heterocycles. The van der Waals surface area contributed by atoms with Gasteiger partial charge in [0, 0.05) is 0 Å². The molecule has 0 aliphatic heterocycles. The number of hydrogen-bond acceptors (Lipinski definition) is 4. The molecule has 2 aliphatic carbocycles. The molecule has 0 amide bonds. The van der Waals surface area contributed by atoms with Crippen molar-refractivity contribution in [2.24, 2.45) is 11.3 Å². The van der Waals surface area contributed by atoms with E-state index in [9.17, 15) is 9.59 Å². The van der Waals surface area contributed by atoms with Gasteiger partial charge in [0.05, 0.1) is 24.0 Å². The minimum atomic E-state index is -0.619. The first-order valence-corrected chi connectivity index (χ1v) is 6.47. The van der Waals surface area contributed by atoms with Gasteiger partial charge in [-0.1, -0.05) is 6.42 Å². The molecule has 5 heteroatoms. The molecule has 0 aromatic heterocycles. The van der Waals surface area contributed by atoms with E-state index in [1.54, 1.807) is 6.92 Å². The van der Waals surface area contributed by atoms with Crippen molar-refractivity contribution in [1.29, 1.82) is 0 Å². The lowest BCUT2D eigenvalue weighted by Gasteiger charge is -2.39. The summed E-state index contributed by atoms with van der Waals surface area (Å²) in [5, 5.41) is 17.2. The van der Waals surface area contributed by atoms with Crippen molar-refractivity contribution in [1.82, 2.24) is 0 Å². The number of esters is 1. The smallest absolute Gasteiger partial charge is 0.311 e. The number of rotatable bonds is 3. The van der Waals surface area contributed by atoms with E-state index in [1.165, 1.54) is 0 Å². The number of ether oxygens (including phenoxy) is 1. The number of carbonyl (C=O) groups is 2. The third-order valence-electron chi connectivity index (χ3n) is 3.59. The van der Waals surface area contributed by atoms with Crippen molar-refractivity contribution in [2.75, 3.05) is 6.61 Å². The lowest BCUT2D eigenvalue weighted by atomic mass is 9.68. The number of carbonyl (C=O) groups excluding carboxylic acids is 1. The Hall–Kier alpha value is -1.10. The Morgan fingerprint density at radius 3 is 2.11 bits per heavy atom. The van der Waals surface area contributed by atoms with Crippen LogP contribution < -0.4 is 0 Å². The average Bonchev–Trinajstić information content (AvgIpc) is 2.13. The lowest BCUT2D eigenvalue weighted by Crippen LogP contribution is -2.45. The number of carboxylic acid groups (broad SMARTS) is 1. The van der Waals surface area contributed by atoms with Crippen molar-refractivity contribution >= 4 is 11.9 Å². The third kappa shape index (κ3) is 3.70. The first kappa shape index (κ1) is 15.0. The molecule has 2 rings (SSSR count). The fraction of sp³-hybridized carbons (Fsp3) is 0.846. The Balaban J connectivity index is 0.000000199. The molecule has 2 aliphatic rings. The molecular formula is C13H22O5. The van der Waals surface area contributed by atoms with E-state index < -0.39 is 11.4 Å². The van der Waals surface area contributed by atoms with Gasteiger partial charge in [-0.2, -0.15) is 0 Å². The van der Waals surface area contributed by atoms with Gasteiger partial charge >= 0.3 is 11.9 Å². The van der Waals surface area contributed by atoms with E-state index in [0.29, 0.717) is 19.4 Å². The van der Waals surface area contributed by atoms with Crippen molar-refractivity contribution in [3.8, 4) is 0 Å². The van der Waals surface area contributed by atoms with E-state index >= 15 is 0 Å². The SMILES string of the molecule is CCOC(=O)C1(C)CC(O)C1.O=C(O)C1CCC1. The Labute approximate surface area is 107 Å². The maximum absolute atomic E-state index is 11.2. The summed E-state index contributed by atoms with van der Waals surface area (Å²) in [7, 11) is 0. The summed E-state index contributed by atoms with van der Waals surface area (Å²) in [6.45, 7) is 4.04. The van der Waals surface area contributed by atoms with E-state index in [-0.39, 0.29) is 18.0 Å². The quantitative estimate of drug-likeness (QED) is 0.751. The molecular weight excluding hydrogens is 236 g/mol. The maximum atomic E-state index is 11.2. The molecule has 0 aromatic carbocycles. The first-order valence-electron chi connectivity index (χ1n) is 6.47. The molecule has 0 atom stereocenters. The van der Waals surface area contributed by atoms with Crippen molar-refractivity contribution in [3.05, 3.63) is 0 Å². The van der Waals surface area contributed by atoms with Crippen LogP contribution in [0.3, 0.4) is 0 Å². The van der Waals surface area contributed by atoms with Crippen molar-refractivity contribution < 1.29 is 24.5 Å². The van der Waals surface area contributed by atoms with Crippen LogP contribution in [0.4, 0.5) is 0 Å². The zero-order valence-electron chi connectivity index (χ0n) is 11.0. The number of aliphatic hydroxyl groups is 1. The van der Waals surface area contributed by atoms with Gasteiger partial charge in [0.2, 0.25) is 0 Å². The Morgan fingerprint density at radius 2 is 1.89 bits per heavy atom. The lowest BCUT2D eigenvalue weighted by molar-refractivity contribution is -0.167. The molecule has 2 saturated carbocycles. The van der Waals surface area contributed by atoms with Crippen LogP contribution in [0.15, 0.2) is 0 Å². The van der Waals surface area contributed by atoms with Gasteiger partial charge < -0.3 is 14.9 Å². The number of aliphatic carboxylic acids is 1. The predicted molar refractivity (Wildman–Crippen MR) is 65.0 cm³/mol. The molecule has 0 bridgehead atoms. The Bertz CT molecular complexity index is 303. The highest BCUT2D eigenvalue weighted by Crippen LogP contribution is 2.41. The average molecular weight is 258 g/mol. The highest BCUT2D eigenvalue weighted by atomic mass is 16.5. The van der Waals surface area contributed by atoms with Gasteiger partial charge in [-0.05, 0) is 39.5 Å². The number of aliphatic hydroxyl groups excluding tert-OH is 1.